The minimum absolute atomic E-state index is 0.227. The molecule has 0 saturated heterocycles. The summed E-state index contributed by atoms with van der Waals surface area (Å²) in [5.74, 6) is -0.224. The van der Waals surface area contributed by atoms with E-state index in [1.54, 1.807) is 49.4 Å². The fourth-order valence-corrected chi connectivity index (χ4v) is 3.68. The zero-order valence-electron chi connectivity index (χ0n) is 18.2. The zero-order chi connectivity index (χ0) is 23.5. The van der Waals surface area contributed by atoms with Gasteiger partial charge >= 0.3 is 0 Å². The smallest absolute Gasteiger partial charge is 0.259 e. The van der Waals surface area contributed by atoms with Gasteiger partial charge in [-0.1, -0.05) is 47.6 Å². The number of nitrogens with zero attached hydrogens (tertiary/aromatic N) is 2. The number of hydrogen-bond acceptors (Lipinski definition) is 6. The molecule has 0 radical (unpaired) electrons. The van der Waals surface area contributed by atoms with Crippen LogP contribution in [0.1, 0.15) is 32.0 Å². The average Bonchev–Trinajstić information content (AvgIpc) is 3.53. The van der Waals surface area contributed by atoms with Crippen LogP contribution in [0, 0.1) is 6.92 Å². The quantitative estimate of drug-likeness (QED) is 0.376. The third-order valence-electron chi connectivity index (χ3n) is 5.35. The summed E-state index contributed by atoms with van der Waals surface area (Å²) in [6.45, 7) is 2.11. The Morgan fingerprint density at radius 3 is 2.50 bits per heavy atom. The van der Waals surface area contributed by atoms with Crippen LogP contribution in [-0.4, -0.2) is 22.0 Å². The lowest BCUT2D eigenvalue weighted by molar-refractivity contribution is 0.0952. The summed E-state index contributed by atoms with van der Waals surface area (Å²) in [6, 6.07) is 21.5. The topological polar surface area (TPSA) is 110 Å². The predicted octanol–water partition coefficient (Wildman–Crippen LogP) is 4.97. The number of pyridine rings is 1. The van der Waals surface area contributed by atoms with E-state index in [0.29, 0.717) is 45.9 Å². The number of carbonyl (C=O) groups excluding carboxylic acids is 2. The lowest BCUT2D eigenvalue weighted by atomic mass is 10.1. The number of nitrogens with one attached hydrogen (secondary N) is 2. The SMILES string of the molecule is Cc1noc2nc(-c3ccco3)cc(C(=O)Nc3ccccc3C(=O)NCc3ccccc3)c12. The molecule has 168 valence electrons. The molecule has 3 aromatic heterocycles. The Bertz CT molecular complexity index is 1470. The van der Waals surface area contributed by atoms with E-state index >= 15 is 0 Å². The highest BCUT2D eigenvalue weighted by Gasteiger charge is 2.21. The average molecular weight is 452 g/mol. The highest BCUT2D eigenvalue weighted by molar-refractivity contribution is 6.14. The first-order chi connectivity index (χ1) is 16.6. The van der Waals surface area contributed by atoms with Gasteiger partial charge in [0.05, 0.1) is 34.2 Å². The largest absolute Gasteiger partial charge is 0.463 e. The molecule has 3 heterocycles. The first-order valence-electron chi connectivity index (χ1n) is 10.6. The van der Waals surface area contributed by atoms with Crippen LogP contribution in [0.4, 0.5) is 5.69 Å². The number of furan rings is 1. The first-order valence-corrected chi connectivity index (χ1v) is 10.6. The molecule has 0 unspecified atom stereocenters. The second kappa shape index (κ2) is 9.03. The Labute approximate surface area is 194 Å². The van der Waals surface area contributed by atoms with Gasteiger partial charge in [-0.05, 0) is 42.8 Å². The third-order valence-corrected chi connectivity index (χ3v) is 5.35. The van der Waals surface area contributed by atoms with E-state index in [4.69, 9.17) is 8.94 Å². The van der Waals surface area contributed by atoms with Gasteiger partial charge < -0.3 is 19.6 Å². The third kappa shape index (κ3) is 4.16. The molecule has 0 aliphatic heterocycles. The monoisotopic (exact) mass is 452 g/mol. The second-order valence-corrected chi connectivity index (χ2v) is 7.65. The fraction of sp³-hybridized carbons (Fsp3) is 0.0769. The number of hydrogen-bond donors (Lipinski definition) is 2. The second-order valence-electron chi connectivity index (χ2n) is 7.65. The van der Waals surface area contributed by atoms with Gasteiger partial charge in [0.15, 0.2) is 5.76 Å². The van der Waals surface area contributed by atoms with Crippen molar-refractivity contribution in [2.75, 3.05) is 5.32 Å². The van der Waals surface area contributed by atoms with Crippen molar-refractivity contribution >= 4 is 28.6 Å². The lowest BCUT2D eigenvalue weighted by Crippen LogP contribution is -2.25. The molecule has 5 aromatic rings. The van der Waals surface area contributed by atoms with Gasteiger partial charge in [-0.15, -0.1) is 0 Å². The van der Waals surface area contributed by atoms with Crippen LogP contribution in [-0.2, 0) is 6.54 Å². The molecule has 8 nitrogen and oxygen atoms in total. The lowest BCUT2D eigenvalue weighted by Gasteiger charge is -2.12. The van der Waals surface area contributed by atoms with E-state index in [-0.39, 0.29) is 11.6 Å². The summed E-state index contributed by atoms with van der Waals surface area (Å²) in [7, 11) is 0. The zero-order valence-corrected chi connectivity index (χ0v) is 18.2. The molecule has 0 atom stereocenters. The maximum absolute atomic E-state index is 13.4. The number of para-hydroxylation sites is 1. The van der Waals surface area contributed by atoms with Crippen molar-refractivity contribution in [1.82, 2.24) is 15.5 Å². The van der Waals surface area contributed by atoms with Crippen molar-refractivity contribution in [3.8, 4) is 11.5 Å². The van der Waals surface area contributed by atoms with Crippen LogP contribution in [0.25, 0.3) is 22.6 Å². The van der Waals surface area contributed by atoms with Crippen LogP contribution >= 0.6 is 0 Å². The van der Waals surface area contributed by atoms with Crippen LogP contribution in [0.2, 0.25) is 0 Å². The highest BCUT2D eigenvalue weighted by Crippen LogP contribution is 2.28. The van der Waals surface area contributed by atoms with E-state index in [1.807, 2.05) is 30.3 Å². The van der Waals surface area contributed by atoms with Gasteiger partial charge in [0, 0.05) is 6.54 Å². The molecule has 0 aliphatic rings. The number of carbonyl (C=O) groups is 2. The minimum atomic E-state index is -0.421. The van der Waals surface area contributed by atoms with Crippen LogP contribution in [0.15, 0.2) is 88.0 Å². The van der Waals surface area contributed by atoms with Gasteiger partial charge in [0.2, 0.25) is 0 Å². The molecular weight excluding hydrogens is 432 g/mol. The summed E-state index contributed by atoms with van der Waals surface area (Å²) in [6.07, 6.45) is 1.52. The maximum atomic E-state index is 13.4. The highest BCUT2D eigenvalue weighted by atomic mass is 16.5. The van der Waals surface area contributed by atoms with Crippen LogP contribution < -0.4 is 10.6 Å². The Morgan fingerprint density at radius 2 is 1.71 bits per heavy atom. The Kier molecular flexibility index (Phi) is 5.61. The Balaban J connectivity index is 1.44. The molecule has 2 aromatic carbocycles. The minimum Gasteiger partial charge on any atom is -0.463 e. The number of rotatable bonds is 6. The number of aromatic nitrogens is 2. The molecular formula is C26H20N4O4. The first kappa shape index (κ1) is 21.1. The molecule has 0 saturated carbocycles. The number of amides is 2. The van der Waals surface area contributed by atoms with Crippen LogP contribution in [0.3, 0.4) is 0 Å². The molecule has 0 spiro atoms. The van der Waals surface area contributed by atoms with E-state index in [9.17, 15) is 9.59 Å². The maximum Gasteiger partial charge on any atom is 0.259 e. The number of benzene rings is 2. The summed E-state index contributed by atoms with van der Waals surface area (Å²) < 4.78 is 10.8. The van der Waals surface area contributed by atoms with Crippen molar-refractivity contribution in [2.45, 2.75) is 13.5 Å². The molecule has 0 bridgehead atoms. The van der Waals surface area contributed by atoms with Gasteiger partial charge in [-0.25, -0.2) is 4.98 Å². The van der Waals surface area contributed by atoms with Gasteiger partial charge in [-0.3, -0.25) is 9.59 Å². The van der Waals surface area contributed by atoms with E-state index in [2.05, 4.69) is 20.8 Å². The summed E-state index contributed by atoms with van der Waals surface area (Å²) >= 11 is 0. The van der Waals surface area contributed by atoms with Crippen molar-refractivity contribution in [3.05, 3.63) is 101 Å². The Hall–Kier alpha value is -4.72. The normalized spacial score (nSPS) is 10.9. The molecule has 2 amide bonds. The van der Waals surface area contributed by atoms with Crippen molar-refractivity contribution in [3.63, 3.8) is 0 Å². The van der Waals surface area contributed by atoms with E-state index in [0.717, 1.165) is 5.56 Å². The predicted molar refractivity (Wildman–Crippen MR) is 126 cm³/mol. The molecule has 5 rings (SSSR count). The van der Waals surface area contributed by atoms with Crippen molar-refractivity contribution < 1.29 is 18.5 Å². The Morgan fingerprint density at radius 1 is 0.912 bits per heavy atom. The molecule has 2 N–H and O–H groups in total. The number of anilines is 1. The van der Waals surface area contributed by atoms with Gasteiger partial charge in [0.1, 0.15) is 5.69 Å². The van der Waals surface area contributed by atoms with Crippen molar-refractivity contribution in [2.24, 2.45) is 0 Å². The summed E-state index contributed by atoms with van der Waals surface area (Å²) in [4.78, 5) is 30.7. The van der Waals surface area contributed by atoms with E-state index in [1.165, 1.54) is 6.26 Å². The van der Waals surface area contributed by atoms with Gasteiger partial charge in [-0.2, -0.15) is 0 Å². The number of fused-ring (bicyclic) bond motifs is 1. The number of aryl methyl sites for hydroxylation is 1. The standard InChI is InChI=1S/C26H20N4O4/c1-16-23-19(14-21(22-12-7-13-33-22)29-26(23)34-30-16)25(32)28-20-11-6-5-10-18(20)24(31)27-15-17-8-3-2-4-9-17/h2-14H,15H2,1H3,(H,27,31)(H,28,32). The van der Waals surface area contributed by atoms with E-state index < -0.39 is 5.91 Å². The molecule has 0 aliphatic carbocycles. The molecule has 34 heavy (non-hydrogen) atoms. The fourth-order valence-electron chi connectivity index (χ4n) is 3.68. The van der Waals surface area contributed by atoms with Crippen molar-refractivity contribution in [1.29, 1.82) is 0 Å². The summed E-state index contributed by atoms with van der Waals surface area (Å²) in [5.41, 5.74) is 3.23. The van der Waals surface area contributed by atoms with Crippen LogP contribution in [0.5, 0.6) is 0 Å². The van der Waals surface area contributed by atoms with Gasteiger partial charge in [0.25, 0.3) is 17.5 Å². The molecule has 0 fully saturated rings. The summed E-state index contributed by atoms with van der Waals surface area (Å²) in [5, 5.41) is 10.2. The molecule has 8 heteroatoms.